The molecule has 0 unspecified atom stereocenters. The largest absolute Gasteiger partial charge is 0.396 e. The van der Waals surface area contributed by atoms with Crippen LogP contribution in [0.5, 0.6) is 0 Å². The Kier molecular flexibility index (Phi) is 6.69. The highest BCUT2D eigenvalue weighted by atomic mass is 19.1. The Morgan fingerprint density at radius 3 is 2.59 bits per heavy atom. The summed E-state index contributed by atoms with van der Waals surface area (Å²) in [5.74, 6) is -0.310. The van der Waals surface area contributed by atoms with E-state index >= 15 is 0 Å². The lowest BCUT2D eigenvalue weighted by molar-refractivity contribution is 0.299. The van der Waals surface area contributed by atoms with Crippen LogP contribution in [-0.4, -0.2) is 21.5 Å². The third-order valence-electron chi connectivity index (χ3n) is 4.75. The standard InChI is InChI=1S/C23H24FN3O2/c1-16-14-18(9-10-21(16)24)22-19(11-13-28)20(15-25)23(29)27(26-22)12-5-8-17-6-3-2-4-7-17/h2-10,14,28H,11-13,15,25H2,1H3. The summed E-state index contributed by atoms with van der Waals surface area (Å²) in [5.41, 5.74) is 9.33. The summed E-state index contributed by atoms with van der Waals surface area (Å²) in [6.45, 7) is 1.84. The molecule has 0 spiro atoms. The molecule has 2 aromatic carbocycles. The average molecular weight is 393 g/mol. The van der Waals surface area contributed by atoms with E-state index in [9.17, 15) is 14.3 Å². The van der Waals surface area contributed by atoms with Crippen LogP contribution >= 0.6 is 0 Å². The van der Waals surface area contributed by atoms with E-state index in [1.54, 1.807) is 19.1 Å². The summed E-state index contributed by atoms with van der Waals surface area (Å²) in [6, 6.07) is 14.4. The summed E-state index contributed by atoms with van der Waals surface area (Å²) in [7, 11) is 0. The van der Waals surface area contributed by atoms with Crippen LogP contribution in [-0.2, 0) is 19.5 Å². The lowest BCUT2D eigenvalue weighted by Crippen LogP contribution is -2.30. The van der Waals surface area contributed by atoms with E-state index in [1.165, 1.54) is 10.7 Å². The number of nitrogens with two attached hydrogens (primary N) is 1. The van der Waals surface area contributed by atoms with E-state index in [0.717, 1.165) is 5.56 Å². The van der Waals surface area contributed by atoms with Crippen molar-refractivity contribution in [2.75, 3.05) is 6.61 Å². The molecule has 0 radical (unpaired) electrons. The first kappa shape index (κ1) is 20.6. The van der Waals surface area contributed by atoms with Gasteiger partial charge in [-0.2, -0.15) is 5.10 Å². The molecule has 5 nitrogen and oxygen atoms in total. The zero-order chi connectivity index (χ0) is 20.8. The van der Waals surface area contributed by atoms with Gasteiger partial charge in [0.05, 0.1) is 12.2 Å². The molecule has 0 fully saturated rings. The average Bonchev–Trinajstić information content (AvgIpc) is 2.73. The van der Waals surface area contributed by atoms with Crippen LogP contribution in [0.3, 0.4) is 0 Å². The minimum atomic E-state index is -0.310. The van der Waals surface area contributed by atoms with Gasteiger partial charge >= 0.3 is 0 Å². The first-order valence-electron chi connectivity index (χ1n) is 9.47. The molecule has 0 aliphatic rings. The molecule has 0 saturated carbocycles. The quantitative estimate of drug-likeness (QED) is 0.646. The van der Waals surface area contributed by atoms with Crippen molar-refractivity contribution in [3.05, 3.63) is 93.0 Å². The van der Waals surface area contributed by atoms with Crippen molar-refractivity contribution in [1.29, 1.82) is 0 Å². The van der Waals surface area contributed by atoms with E-state index < -0.39 is 0 Å². The Bertz CT molecular complexity index is 1080. The van der Waals surface area contributed by atoms with Crippen molar-refractivity contribution in [3.8, 4) is 11.3 Å². The van der Waals surface area contributed by atoms with Crippen LogP contribution in [0.2, 0.25) is 0 Å². The fourth-order valence-electron chi connectivity index (χ4n) is 3.25. The smallest absolute Gasteiger partial charge is 0.271 e. The number of halogens is 1. The van der Waals surface area contributed by atoms with Gasteiger partial charge in [0.15, 0.2) is 0 Å². The van der Waals surface area contributed by atoms with Gasteiger partial charge in [-0.15, -0.1) is 0 Å². The molecule has 3 N–H and O–H groups in total. The first-order chi connectivity index (χ1) is 14.0. The van der Waals surface area contributed by atoms with Gasteiger partial charge in [-0.1, -0.05) is 42.5 Å². The van der Waals surface area contributed by atoms with Gasteiger partial charge in [-0.05, 0) is 48.2 Å². The SMILES string of the molecule is Cc1cc(-c2nn(CC=Cc3ccccc3)c(=O)c(CN)c2CCO)ccc1F. The van der Waals surface area contributed by atoms with Crippen molar-refractivity contribution >= 4 is 6.08 Å². The van der Waals surface area contributed by atoms with Gasteiger partial charge in [0.1, 0.15) is 5.82 Å². The van der Waals surface area contributed by atoms with Crippen LogP contribution in [0, 0.1) is 12.7 Å². The highest BCUT2D eigenvalue weighted by Crippen LogP contribution is 2.25. The van der Waals surface area contributed by atoms with Gasteiger partial charge in [0.25, 0.3) is 5.56 Å². The summed E-state index contributed by atoms with van der Waals surface area (Å²) in [5, 5.41) is 14.0. The van der Waals surface area contributed by atoms with Gasteiger partial charge in [-0.3, -0.25) is 4.79 Å². The molecular weight excluding hydrogens is 369 g/mol. The number of nitrogens with zero attached hydrogens (tertiary/aromatic N) is 2. The van der Waals surface area contributed by atoms with Gasteiger partial charge in [0.2, 0.25) is 0 Å². The molecule has 0 amide bonds. The third-order valence-corrected chi connectivity index (χ3v) is 4.75. The number of hydrogen-bond donors (Lipinski definition) is 2. The monoisotopic (exact) mass is 393 g/mol. The summed E-state index contributed by atoms with van der Waals surface area (Å²) < 4.78 is 15.1. The van der Waals surface area contributed by atoms with Crippen molar-refractivity contribution in [1.82, 2.24) is 9.78 Å². The highest BCUT2D eigenvalue weighted by molar-refractivity contribution is 5.65. The predicted octanol–water partition coefficient (Wildman–Crippen LogP) is 3.06. The van der Waals surface area contributed by atoms with E-state index in [2.05, 4.69) is 5.10 Å². The number of hydrogen-bond acceptors (Lipinski definition) is 4. The zero-order valence-corrected chi connectivity index (χ0v) is 16.3. The Labute approximate surface area is 168 Å². The normalized spacial score (nSPS) is 11.3. The Hall–Kier alpha value is -3.09. The van der Waals surface area contributed by atoms with Crippen LogP contribution < -0.4 is 11.3 Å². The van der Waals surface area contributed by atoms with Crippen LogP contribution in [0.4, 0.5) is 4.39 Å². The molecule has 150 valence electrons. The van der Waals surface area contributed by atoms with Gasteiger partial charge < -0.3 is 10.8 Å². The lowest BCUT2D eigenvalue weighted by atomic mass is 9.98. The maximum atomic E-state index is 13.7. The topological polar surface area (TPSA) is 81.1 Å². The number of aromatic nitrogens is 2. The second-order valence-electron chi connectivity index (χ2n) is 6.75. The Morgan fingerprint density at radius 1 is 1.17 bits per heavy atom. The van der Waals surface area contributed by atoms with E-state index in [1.807, 2.05) is 42.5 Å². The van der Waals surface area contributed by atoms with Gasteiger partial charge in [-0.25, -0.2) is 9.07 Å². The molecule has 0 atom stereocenters. The zero-order valence-electron chi connectivity index (χ0n) is 16.3. The van der Waals surface area contributed by atoms with Crippen molar-refractivity contribution in [3.63, 3.8) is 0 Å². The number of aliphatic hydroxyl groups is 1. The second-order valence-corrected chi connectivity index (χ2v) is 6.75. The summed E-state index contributed by atoms with van der Waals surface area (Å²) in [6.07, 6.45) is 4.02. The molecular formula is C23H24FN3O2. The molecule has 1 heterocycles. The second kappa shape index (κ2) is 9.41. The van der Waals surface area contributed by atoms with E-state index in [-0.39, 0.29) is 37.5 Å². The number of benzene rings is 2. The minimum Gasteiger partial charge on any atom is -0.396 e. The fourth-order valence-corrected chi connectivity index (χ4v) is 3.25. The van der Waals surface area contributed by atoms with E-state index in [4.69, 9.17) is 5.73 Å². The molecule has 1 aromatic heterocycles. The van der Waals surface area contributed by atoms with Crippen molar-refractivity contribution < 1.29 is 9.50 Å². The first-order valence-corrected chi connectivity index (χ1v) is 9.47. The molecule has 29 heavy (non-hydrogen) atoms. The van der Waals surface area contributed by atoms with Crippen LogP contribution in [0.1, 0.15) is 22.3 Å². The molecule has 0 saturated heterocycles. The van der Waals surface area contributed by atoms with Crippen LogP contribution in [0.25, 0.3) is 17.3 Å². The van der Waals surface area contributed by atoms with Crippen molar-refractivity contribution in [2.24, 2.45) is 5.73 Å². The Morgan fingerprint density at radius 2 is 1.93 bits per heavy atom. The molecule has 3 rings (SSSR count). The minimum absolute atomic E-state index is 0.0340. The predicted molar refractivity (Wildman–Crippen MR) is 113 cm³/mol. The Balaban J connectivity index is 2.08. The highest BCUT2D eigenvalue weighted by Gasteiger charge is 2.17. The summed E-state index contributed by atoms with van der Waals surface area (Å²) >= 11 is 0. The molecule has 0 aliphatic carbocycles. The molecule has 0 bridgehead atoms. The van der Waals surface area contributed by atoms with Gasteiger partial charge in [0, 0.05) is 24.3 Å². The number of aryl methyl sites for hydroxylation is 1. The summed E-state index contributed by atoms with van der Waals surface area (Å²) in [4.78, 5) is 12.9. The number of allylic oxidation sites excluding steroid dienone is 1. The third kappa shape index (κ3) is 4.67. The molecule has 6 heteroatoms. The molecule has 0 aliphatic heterocycles. The van der Waals surface area contributed by atoms with E-state index in [0.29, 0.717) is 27.9 Å². The maximum absolute atomic E-state index is 13.7. The number of rotatable bonds is 7. The van der Waals surface area contributed by atoms with Crippen molar-refractivity contribution in [2.45, 2.75) is 26.4 Å². The van der Waals surface area contributed by atoms with Crippen LogP contribution in [0.15, 0.2) is 59.4 Å². The molecule has 3 aromatic rings. The number of aliphatic hydroxyl groups excluding tert-OH is 1. The fraction of sp³-hybridized carbons (Fsp3) is 0.217. The lowest BCUT2D eigenvalue weighted by Gasteiger charge is -2.15. The maximum Gasteiger partial charge on any atom is 0.271 e.